The molecule has 0 saturated carbocycles. The van der Waals surface area contributed by atoms with Gasteiger partial charge in [-0.2, -0.15) is 0 Å². The predicted octanol–water partition coefficient (Wildman–Crippen LogP) is 3.97. The Labute approximate surface area is 193 Å². The molecule has 2 fully saturated rings. The molecule has 0 spiro atoms. The number of anilines is 1. The van der Waals surface area contributed by atoms with Crippen molar-refractivity contribution >= 4 is 42.1 Å². The largest absolute Gasteiger partial charge is 0.371 e. The average Bonchev–Trinajstić information content (AvgIpc) is 3.00. The van der Waals surface area contributed by atoms with Crippen molar-refractivity contribution in [2.45, 2.75) is 44.3 Å². The summed E-state index contributed by atoms with van der Waals surface area (Å²) in [5.41, 5.74) is 1.44. The Kier molecular flexibility index (Phi) is 8.61. The molecule has 8 nitrogen and oxygen atoms in total. The third-order valence-electron chi connectivity index (χ3n) is 5.83. The van der Waals surface area contributed by atoms with Crippen molar-refractivity contribution in [1.82, 2.24) is 15.2 Å². The van der Waals surface area contributed by atoms with Crippen LogP contribution in [0.1, 0.15) is 48.3 Å². The van der Waals surface area contributed by atoms with E-state index < -0.39 is 4.92 Å². The number of benzene rings is 1. The molecule has 2 bridgehead atoms. The van der Waals surface area contributed by atoms with Crippen LogP contribution >= 0.6 is 24.8 Å². The van der Waals surface area contributed by atoms with Crippen molar-refractivity contribution in [3.8, 4) is 0 Å². The quantitative estimate of drug-likeness (QED) is 0.509. The number of amides is 1. The van der Waals surface area contributed by atoms with Crippen molar-refractivity contribution in [2.75, 3.05) is 18.4 Å². The lowest BCUT2D eigenvalue weighted by atomic mass is 10.1. The number of carbonyl (C=O) groups is 1. The molecule has 168 valence electrons. The summed E-state index contributed by atoms with van der Waals surface area (Å²) in [6.07, 6.45) is 4.59. The molecule has 2 saturated heterocycles. The predicted molar refractivity (Wildman–Crippen MR) is 124 cm³/mol. The molecule has 3 heterocycles. The molecule has 1 aromatic carbocycles. The van der Waals surface area contributed by atoms with Gasteiger partial charge in [0.05, 0.1) is 16.7 Å². The zero-order chi connectivity index (χ0) is 20.4. The second kappa shape index (κ2) is 10.7. The topological polar surface area (TPSA) is 100 Å². The minimum Gasteiger partial charge on any atom is -0.371 e. The Bertz CT molecular complexity index is 901. The van der Waals surface area contributed by atoms with Crippen LogP contribution in [0, 0.1) is 10.1 Å². The highest BCUT2D eigenvalue weighted by Gasteiger charge is 2.38. The fraction of sp³-hybridized carbons (Fsp3) is 0.429. The van der Waals surface area contributed by atoms with Gasteiger partial charge in [-0.3, -0.25) is 19.9 Å². The highest BCUT2D eigenvalue weighted by molar-refractivity contribution is 5.96. The summed E-state index contributed by atoms with van der Waals surface area (Å²) in [5.74, 6) is -0.117. The molecule has 3 atom stereocenters. The Morgan fingerprint density at radius 2 is 2.00 bits per heavy atom. The van der Waals surface area contributed by atoms with Gasteiger partial charge in [-0.25, -0.2) is 0 Å². The van der Waals surface area contributed by atoms with Gasteiger partial charge in [-0.1, -0.05) is 6.07 Å². The van der Waals surface area contributed by atoms with E-state index in [-0.39, 0.29) is 54.5 Å². The number of halogens is 2. The normalized spacial score (nSPS) is 20.6. The number of nitro groups is 1. The number of rotatable bonds is 5. The fourth-order valence-corrected chi connectivity index (χ4v) is 4.34. The van der Waals surface area contributed by atoms with Gasteiger partial charge >= 0.3 is 0 Å². The summed E-state index contributed by atoms with van der Waals surface area (Å²) in [4.78, 5) is 30.7. The van der Waals surface area contributed by atoms with E-state index in [1.165, 1.54) is 6.07 Å². The van der Waals surface area contributed by atoms with Gasteiger partial charge in [0.15, 0.2) is 0 Å². The molecule has 2 aliphatic heterocycles. The highest BCUT2D eigenvalue weighted by atomic mass is 35.5. The monoisotopic (exact) mass is 467 g/mol. The van der Waals surface area contributed by atoms with Crippen LogP contribution in [0.3, 0.4) is 0 Å². The first-order valence-electron chi connectivity index (χ1n) is 10.0. The molecule has 2 aromatic rings. The van der Waals surface area contributed by atoms with Gasteiger partial charge in [-0.15, -0.1) is 24.8 Å². The maximum atomic E-state index is 13.2. The van der Waals surface area contributed by atoms with Crippen molar-refractivity contribution in [1.29, 1.82) is 0 Å². The first-order chi connectivity index (χ1) is 14.0. The highest BCUT2D eigenvalue weighted by Crippen LogP contribution is 2.33. The summed E-state index contributed by atoms with van der Waals surface area (Å²) in [6, 6.07) is 10.4. The Morgan fingerprint density at radius 1 is 1.23 bits per heavy atom. The molecule has 0 radical (unpaired) electrons. The molecule has 0 aliphatic carbocycles. The first kappa shape index (κ1) is 24.8. The molecule has 2 N–H and O–H groups in total. The lowest BCUT2D eigenvalue weighted by molar-refractivity contribution is -0.384. The van der Waals surface area contributed by atoms with E-state index in [2.05, 4.69) is 15.6 Å². The van der Waals surface area contributed by atoms with Crippen molar-refractivity contribution in [3.05, 3.63) is 64.0 Å². The third-order valence-corrected chi connectivity index (χ3v) is 5.83. The van der Waals surface area contributed by atoms with Gasteiger partial charge in [0.25, 0.3) is 11.6 Å². The number of aromatic nitrogens is 1. The maximum absolute atomic E-state index is 13.2. The number of nitrogens with one attached hydrogen (secondary N) is 2. The number of nitrogens with zero attached hydrogens (tertiary/aromatic N) is 3. The molecule has 4 rings (SSSR count). The van der Waals surface area contributed by atoms with Crippen LogP contribution in [0.5, 0.6) is 0 Å². The SMILES string of the molecule is CC(Nc1ccc(C(=O)N2C3CCNCC2CC3)cc1[N+](=O)[O-])c1ccccn1.Cl.Cl. The molecule has 10 heteroatoms. The van der Waals surface area contributed by atoms with Crippen molar-refractivity contribution < 1.29 is 9.72 Å². The second-order valence-corrected chi connectivity index (χ2v) is 7.70. The van der Waals surface area contributed by atoms with Gasteiger partial charge in [0.1, 0.15) is 5.69 Å². The van der Waals surface area contributed by atoms with Crippen LogP contribution in [-0.2, 0) is 0 Å². The Hall–Kier alpha value is -2.42. The van der Waals surface area contributed by atoms with Crippen LogP contribution in [0.25, 0.3) is 0 Å². The lowest BCUT2D eigenvalue weighted by Gasteiger charge is -2.28. The summed E-state index contributed by atoms with van der Waals surface area (Å²) in [5, 5.41) is 18.2. The van der Waals surface area contributed by atoms with Crippen LogP contribution in [0.4, 0.5) is 11.4 Å². The van der Waals surface area contributed by atoms with Crippen LogP contribution in [0.15, 0.2) is 42.6 Å². The third kappa shape index (κ3) is 5.26. The number of nitro benzene ring substituents is 1. The summed E-state index contributed by atoms with van der Waals surface area (Å²) in [6.45, 7) is 3.58. The number of fused-ring (bicyclic) bond motifs is 2. The molecular weight excluding hydrogens is 441 g/mol. The van der Waals surface area contributed by atoms with Crippen LogP contribution < -0.4 is 10.6 Å². The standard InChI is InChI=1S/C21H25N5O3.2ClH/c1-14(18-4-2-3-10-23-18)24-19-8-5-15(12-20(19)26(28)29)21(27)25-16-6-7-17(25)13-22-11-9-16;;/h2-5,8,10,12,14,16-17,22,24H,6-7,9,11,13H2,1H3;2*1H. The van der Waals surface area contributed by atoms with Crippen molar-refractivity contribution in [3.63, 3.8) is 0 Å². The van der Waals surface area contributed by atoms with E-state index in [4.69, 9.17) is 0 Å². The van der Waals surface area contributed by atoms with E-state index >= 15 is 0 Å². The first-order valence-corrected chi connectivity index (χ1v) is 10.0. The van der Waals surface area contributed by atoms with E-state index in [1.54, 1.807) is 18.3 Å². The van der Waals surface area contributed by atoms with Gasteiger partial charge in [0, 0.05) is 36.5 Å². The number of hydrogen-bond donors (Lipinski definition) is 2. The summed E-state index contributed by atoms with van der Waals surface area (Å²) >= 11 is 0. The van der Waals surface area contributed by atoms with Gasteiger partial charge in [0.2, 0.25) is 0 Å². The fourth-order valence-electron chi connectivity index (χ4n) is 4.34. The zero-order valence-electron chi connectivity index (χ0n) is 17.2. The minimum atomic E-state index is -0.442. The molecule has 3 unspecified atom stereocenters. The molecule has 31 heavy (non-hydrogen) atoms. The minimum absolute atomic E-state index is 0. The number of hydrogen-bond acceptors (Lipinski definition) is 6. The van der Waals surface area contributed by atoms with E-state index in [0.29, 0.717) is 11.3 Å². The van der Waals surface area contributed by atoms with E-state index in [9.17, 15) is 14.9 Å². The molecular formula is C21H27Cl2N5O3. The van der Waals surface area contributed by atoms with E-state index in [1.807, 2.05) is 30.0 Å². The Morgan fingerprint density at radius 3 is 2.71 bits per heavy atom. The van der Waals surface area contributed by atoms with Crippen LogP contribution in [-0.4, -0.2) is 45.9 Å². The zero-order valence-corrected chi connectivity index (χ0v) is 18.8. The smallest absolute Gasteiger partial charge is 0.293 e. The van der Waals surface area contributed by atoms with Gasteiger partial charge < -0.3 is 15.5 Å². The average molecular weight is 468 g/mol. The number of carbonyl (C=O) groups excluding carboxylic acids is 1. The summed E-state index contributed by atoms with van der Waals surface area (Å²) in [7, 11) is 0. The Balaban J connectivity index is 0.00000171. The molecule has 1 amide bonds. The van der Waals surface area contributed by atoms with E-state index in [0.717, 1.165) is 38.0 Å². The van der Waals surface area contributed by atoms with Crippen LogP contribution in [0.2, 0.25) is 0 Å². The molecule has 1 aromatic heterocycles. The lowest BCUT2D eigenvalue weighted by Crippen LogP contribution is -2.42. The maximum Gasteiger partial charge on any atom is 0.293 e. The molecule has 2 aliphatic rings. The summed E-state index contributed by atoms with van der Waals surface area (Å²) < 4.78 is 0. The second-order valence-electron chi connectivity index (χ2n) is 7.70. The number of pyridine rings is 1. The van der Waals surface area contributed by atoms with Crippen molar-refractivity contribution in [2.24, 2.45) is 0 Å². The van der Waals surface area contributed by atoms with Gasteiger partial charge in [-0.05, 0) is 57.0 Å².